The Bertz CT molecular complexity index is 589. The van der Waals surface area contributed by atoms with Gasteiger partial charge in [-0.1, -0.05) is 28.1 Å². The second kappa shape index (κ2) is 6.33. The van der Waals surface area contributed by atoms with Crippen molar-refractivity contribution in [2.75, 3.05) is 17.2 Å². The highest BCUT2D eigenvalue weighted by atomic mass is 79.9. The van der Waals surface area contributed by atoms with Crippen LogP contribution in [0.3, 0.4) is 0 Å². The number of rotatable bonds is 4. The third kappa shape index (κ3) is 4.37. The SMILES string of the molecule is O=C(CNc1cccc(F)c1)Nc1cccc(Br)c1. The zero-order valence-electron chi connectivity index (χ0n) is 9.99. The predicted octanol–water partition coefficient (Wildman–Crippen LogP) is 3.64. The van der Waals surface area contributed by atoms with Crippen LogP contribution in [0.25, 0.3) is 0 Å². The van der Waals surface area contributed by atoms with Crippen LogP contribution in [0.4, 0.5) is 15.8 Å². The number of nitrogens with one attached hydrogen (secondary N) is 2. The molecule has 0 aliphatic heterocycles. The summed E-state index contributed by atoms with van der Waals surface area (Å²) in [6.07, 6.45) is 0. The Labute approximate surface area is 119 Å². The molecule has 2 rings (SSSR count). The summed E-state index contributed by atoms with van der Waals surface area (Å²) in [6.45, 7) is 0.0793. The van der Waals surface area contributed by atoms with Gasteiger partial charge in [0.05, 0.1) is 6.54 Å². The monoisotopic (exact) mass is 322 g/mol. The Kier molecular flexibility index (Phi) is 4.52. The van der Waals surface area contributed by atoms with Crippen molar-refractivity contribution in [1.29, 1.82) is 0 Å². The fourth-order valence-electron chi connectivity index (χ4n) is 1.55. The largest absolute Gasteiger partial charge is 0.376 e. The molecule has 0 bridgehead atoms. The molecule has 0 fully saturated rings. The van der Waals surface area contributed by atoms with E-state index in [9.17, 15) is 9.18 Å². The van der Waals surface area contributed by atoms with Crippen molar-refractivity contribution in [3.05, 3.63) is 58.8 Å². The van der Waals surface area contributed by atoms with Crippen LogP contribution in [-0.4, -0.2) is 12.5 Å². The van der Waals surface area contributed by atoms with E-state index >= 15 is 0 Å². The maximum Gasteiger partial charge on any atom is 0.243 e. The first-order valence-corrected chi connectivity index (χ1v) is 6.47. The van der Waals surface area contributed by atoms with Crippen LogP contribution in [0.2, 0.25) is 0 Å². The zero-order chi connectivity index (χ0) is 13.7. The molecule has 0 aliphatic rings. The summed E-state index contributed by atoms with van der Waals surface area (Å²) in [7, 11) is 0. The lowest BCUT2D eigenvalue weighted by Gasteiger charge is -2.08. The van der Waals surface area contributed by atoms with Gasteiger partial charge >= 0.3 is 0 Å². The van der Waals surface area contributed by atoms with Gasteiger partial charge in [0, 0.05) is 15.8 Å². The van der Waals surface area contributed by atoms with Crippen LogP contribution in [0.5, 0.6) is 0 Å². The molecular weight excluding hydrogens is 311 g/mol. The van der Waals surface area contributed by atoms with Crippen LogP contribution < -0.4 is 10.6 Å². The molecule has 0 radical (unpaired) electrons. The van der Waals surface area contributed by atoms with Gasteiger partial charge in [-0.25, -0.2) is 4.39 Å². The molecule has 5 heteroatoms. The molecule has 0 heterocycles. The van der Waals surface area contributed by atoms with E-state index < -0.39 is 0 Å². The van der Waals surface area contributed by atoms with E-state index in [1.807, 2.05) is 12.1 Å². The lowest BCUT2D eigenvalue weighted by molar-refractivity contribution is -0.114. The summed E-state index contributed by atoms with van der Waals surface area (Å²) in [5, 5.41) is 5.60. The molecule has 0 atom stereocenters. The zero-order valence-corrected chi connectivity index (χ0v) is 11.6. The second-order valence-corrected chi connectivity index (χ2v) is 4.84. The van der Waals surface area contributed by atoms with Gasteiger partial charge in [-0.2, -0.15) is 0 Å². The number of carbonyl (C=O) groups is 1. The Morgan fingerprint density at radius 2 is 1.84 bits per heavy atom. The first-order valence-electron chi connectivity index (χ1n) is 5.68. The number of anilines is 2. The summed E-state index contributed by atoms with van der Waals surface area (Å²) in [5.41, 5.74) is 1.28. The second-order valence-electron chi connectivity index (χ2n) is 3.92. The van der Waals surface area contributed by atoms with Crippen molar-refractivity contribution in [3.8, 4) is 0 Å². The molecule has 3 nitrogen and oxygen atoms in total. The van der Waals surface area contributed by atoms with Gasteiger partial charge in [-0.3, -0.25) is 4.79 Å². The Morgan fingerprint density at radius 1 is 1.11 bits per heavy atom. The van der Waals surface area contributed by atoms with Gasteiger partial charge in [-0.15, -0.1) is 0 Å². The minimum absolute atomic E-state index is 0.0793. The highest BCUT2D eigenvalue weighted by Gasteiger charge is 2.03. The molecule has 2 N–H and O–H groups in total. The van der Waals surface area contributed by atoms with Crippen molar-refractivity contribution in [1.82, 2.24) is 0 Å². The molecule has 98 valence electrons. The summed E-state index contributed by atoms with van der Waals surface area (Å²) in [4.78, 5) is 11.7. The average Bonchev–Trinajstić information content (AvgIpc) is 2.36. The number of hydrogen-bond donors (Lipinski definition) is 2. The van der Waals surface area contributed by atoms with Crippen LogP contribution in [0.15, 0.2) is 53.0 Å². The third-order valence-corrected chi connectivity index (χ3v) is 2.88. The van der Waals surface area contributed by atoms with Crippen LogP contribution >= 0.6 is 15.9 Å². The molecule has 0 saturated heterocycles. The first kappa shape index (κ1) is 13.5. The standard InChI is InChI=1S/C14H12BrFN2O/c15-10-3-1-6-13(7-10)18-14(19)9-17-12-5-2-4-11(16)8-12/h1-8,17H,9H2,(H,18,19). The molecule has 0 spiro atoms. The Hall–Kier alpha value is -1.88. The molecule has 0 aliphatic carbocycles. The van der Waals surface area contributed by atoms with E-state index in [0.29, 0.717) is 11.4 Å². The smallest absolute Gasteiger partial charge is 0.243 e. The lowest BCUT2D eigenvalue weighted by atomic mass is 10.3. The quantitative estimate of drug-likeness (QED) is 0.902. The third-order valence-electron chi connectivity index (χ3n) is 2.39. The van der Waals surface area contributed by atoms with E-state index in [0.717, 1.165) is 4.47 Å². The number of benzene rings is 2. The van der Waals surface area contributed by atoms with E-state index in [1.54, 1.807) is 24.3 Å². The molecule has 0 unspecified atom stereocenters. The topological polar surface area (TPSA) is 41.1 Å². The number of carbonyl (C=O) groups excluding carboxylic acids is 1. The number of hydrogen-bond acceptors (Lipinski definition) is 2. The maximum absolute atomic E-state index is 12.9. The Morgan fingerprint density at radius 3 is 2.58 bits per heavy atom. The lowest BCUT2D eigenvalue weighted by Crippen LogP contribution is -2.21. The summed E-state index contributed by atoms with van der Waals surface area (Å²) in [5.74, 6) is -0.528. The van der Waals surface area contributed by atoms with Crippen molar-refractivity contribution in [2.45, 2.75) is 0 Å². The first-order chi connectivity index (χ1) is 9.13. The van der Waals surface area contributed by atoms with Crippen LogP contribution in [0, 0.1) is 5.82 Å². The van der Waals surface area contributed by atoms with E-state index in [1.165, 1.54) is 12.1 Å². The normalized spacial score (nSPS) is 10.0. The van der Waals surface area contributed by atoms with Gasteiger partial charge in [0.25, 0.3) is 0 Å². The van der Waals surface area contributed by atoms with Gasteiger partial charge in [0.2, 0.25) is 5.91 Å². The molecule has 1 amide bonds. The van der Waals surface area contributed by atoms with E-state index in [2.05, 4.69) is 26.6 Å². The van der Waals surface area contributed by atoms with E-state index in [4.69, 9.17) is 0 Å². The fourth-order valence-corrected chi connectivity index (χ4v) is 1.95. The molecular formula is C14H12BrFN2O. The van der Waals surface area contributed by atoms with Gasteiger partial charge < -0.3 is 10.6 Å². The summed E-state index contributed by atoms with van der Waals surface area (Å²) >= 11 is 3.33. The van der Waals surface area contributed by atoms with Gasteiger partial charge in [-0.05, 0) is 36.4 Å². The highest BCUT2D eigenvalue weighted by molar-refractivity contribution is 9.10. The van der Waals surface area contributed by atoms with Crippen molar-refractivity contribution >= 4 is 33.2 Å². The molecule has 19 heavy (non-hydrogen) atoms. The summed E-state index contributed by atoms with van der Waals surface area (Å²) < 4.78 is 13.8. The minimum Gasteiger partial charge on any atom is -0.376 e. The number of halogens is 2. The van der Waals surface area contributed by atoms with Crippen LogP contribution in [-0.2, 0) is 4.79 Å². The van der Waals surface area contributed by atoms with E-state index in [-0.39, 0.29) is 18.3 Å². The molecule has 2 aromatic carbocycles. The fraction of sp³-hybridized carbons (Fsp3) is 0.0714. The van der Waals surface area contributed by atoms with Crippen molar-refractivity contribution in [2.24, 2.45) is 0 Å². The Balaban J connectivity index is 1.88. The maximum atomic E-state index is 12.9. The van der Waals surface area contributed by atoms with Crippen molar-refractivity contribution < 1.29 is 9.18 Å². The van der Waals surface area contributed by atoms with Gasteiger partial charge in [0.1, 0.15) is 5.82 Å². The highest BCUT2D eigenvalue weighted by Crippen LogP contribution is 2.15. The predicted molar refractivity (Wildman–Crippen MR) is 77.7 cm³/mol. The average molecular weight is 323 g/mol. The summed E-state index contributed by atoms with van der Waals surface area (Å²) in [6, 6.07) is 13.3. The van der Waals surface area contributed by atoms with Gasteiger partial charge in [0.15, 0.2) is 0 Å². The molecule has 0 saturated carbocycles. The molecule has 2 aromatic rings. The minimum atomic E-state index is -0.336. The van der Waals surface area contributed by atoms with Crippen molar-refractivity contribution in [3.63, 3.8) is 0 Å². The van der Waals surface area contributed by atoms with Crippen LogP contribution in [0.1, 0.15) is 0 Å². The number of amides is 1. The molecule has 0 aromatic heterocycles.